The van der Waals surface area contributed by atoms with Crippen molar-refractivity contribution < 1.29 is 19.4 Å². The van der Waals surface area contributed by atoms with Crippen molar-refractivity contribution >= 4 is 17.2 Å². The highest BCUT2D eigenvalue weighted by Crippen LogP contribution is 2.32. The van der Waals surface area contributed by atoms with Crippen LogP contribution in [-0.2, 0) is 11.2 Å². The molecule has 2 aliphatic heterocycles. The molecule has 41 heavy (non-hydrogen) atoms. The van der Waals surface area contributed by atoms with Gasteiger partial charge in [-0.05, 0) is 81.2 Å². The summed E-state index contributed by atoms with van der Waals surface area (Å²) in [7, 11) is 3.05. The minimum absolute atomic E-state index is 0.0748. The molecule has 3 aliphatic rings. The first kappa shape index (κ1) is 34.4. The van der Waals surface area contributed by atoms with Gasteiger partial charge in [-0.3, -0.25) is 4.79 Å². The second-order valence-corrected chi connectivity index (χ2v) is 11.2. The Balaban J connectivity index is 0.000000459. The smallest absolute Gasteiger partial charge is 0.272 e. The Labute approximate surface area is 247 Å². The number of halogens is 1. The number of hydrogen-bond donors (Lipinski definition) is 2. The lowest BCUT2D eigenvalue weighted by Gasteiger charge is -2.31. The van der Waals surface area contributed by atoms with Gasteiger partial charge in [0.05, 0.1) is 6.61 Å². The van der Waals surface area contributed by atoms with E-state index in [9.17, 15) is 9.18 Å². The number of aryl methyl sites for hydroxylation is 1. The van der Waals surface area contributed by atoms with E-state index in [0.29, 0.717) is 18.6 Å². The maximum atomic E-state index is 13.4. The third-order valence-corrected chi connectivity index (χ3v) is 8.22. The van der Waals surface area contributed by atoms with Gasteiger partial charge in [-0.1, -0.05) is 69.9 Å². The first-order valence-electron chi connectivity index (χ1n) is 15.3. The van der Waals surface area contributed by atoms with Gasteiger partial charge in [-0.15, -0.1) is 0 Å². The van der Waals surface area contributed by atoms with E-state index in [1.54, 1.807) is 6.92 Å². The Kier molecular flexibility index (Phi) is 14.0. The first-order valence-corrected chi connectivity index (χ1v) is 15.3. The monoisotopic (exact) mass is 569 g/mol. The predicted octanol–water partition coefficient (Wildman–Crippen LogP) is 6.75. The van der Waals surface area contributed by atoms with Crippen LogP contribution in [0.5, 0.6) is 0 Å². The lowest BCUT2D eigenvalue weighted by Crippen LogP contribution is -2.43. The van der Waals surface area contributed by atoms with Crippen LogP contribution >= 0.6 is 0 Å². The van der Waals surface area contributed by atoms with E-state index in [-0.39, 0.29) is 18.6 Å². The molecule has 1 saturated heterocycles. The topological polar surface area (TPSA) is 76.4 Å². The van der Waals surface area contributed by atoms with Crippen molar-refractivity contribution in [3.8, 4) is 0 Å². The van der Waals surface area contributed by atoms with E-state index in [4.69, 9.17) is 15.2 Å². The van der Waals surface area contributed by atoms with Crippen LogP contribution in [0.2, 0.25) is 0 Å². The molecule has 1 amide bonds. The average Bonchev–Trinajstić information content (AvgIpc) is 3.24. The van der Waals surface area contributed by atoms with E-state index < -0.39 is 5.67 Å². The summed E-state index contributed by atoms with van der Waals surface area (Å²) in [5.74, 6) is 0.922. The Morgan fingerprint density at radius 3 is 2.54 bits per heavy atom. The molecule has 2 atom stereocenters. The summed E-state index contributed by atoms with van der Waals surface area (Å²) in [4.78, 5) is 22.4. The molecule has 0 radical (unpaired) electrons. The molecular weight excluding hydrogens is 517 g/mol. The maximum absolute atomic E-state index is 13.4. The van der Waals surface area contributed by atoms with E-state index in [1.165, 1.54) is 35.1 Å². The lowest BCUT2D eigenvalue weighted by atomic mass is 9.98. The SMILES string of the molecule is CCC1=CC(C(=O)N2CCCCCC2C)=N/C(=C/C2=CCc3cc(C)ccc32)N1C.CCCC(F)(CC)CO.CO. The fraction of sp³-hybridized carbons (Fsp3) is 0.588. The Morgan fingerprint density at radius 1 is 1.20 bits per heavy atom. The zero-order valence-electron chi connectivity index (χ0n) is 26.3. The van der Waals surface area contributed by atoms with E-state index in [0.717, 1.165) is 57.3 Å². The Morgan fingerprint density at radius 2 is 1.93 bits per heavy atom. The number of amides is 1. The molecule has 0 spiro atoms. The molecule has 6 nitrogen and oxygen atoms in total. The van der Waals surface area contributed by atoms with Gasteiger partial charge in [0.15, 0.2) is 0 Å². The largest absolute Gasteiger partial charge is 0.400 e. The number of benzene rings is 1. The van der Waals surface area contributed by atoms with Crippen molar-refractivity contribution in [2.24, 2.45) is 4.99 Å². The van der Waals surface area contributed by atoms with Crippen LogP contribution in [0, 0.1) is 6.92 Å². The highest BCUT2D eigenvalue weighted by molar-refractivity contribution is 6.43. The van der Waals surface area contributed by atoms with Crippen LogP contribution in [0.1, 0.15) is 95.8 Å². The third kappa shape index (κ3) is 9.11. The number of alkyl halides is 1. The molecule has 1 aromatic carbocycles. The highest BCUT2D eigenvalue weighted by atomic mass is 19.1. The summed E-state index contributed by atoms with van der Waals surface area (Å²) < 4.78 is 13.0. The molecule has 1 fully saturated rings. The average molecular weight is 570 g/mol. The maximum Gasteiger partial charge on any atom is 0.272 e. The third-order valence-electron chi connectivity index (χ3n) is 8.22. The number of fused-ring (bicyclic) bond motifs is 1. The summed E-state index contributed by atoms with van der Waals surface area (Å²) in [5.41, 5.74) is 5.53. The van der Waals surface area contributed by atoms with Gasteiger partial charge in [-0.2, -0.15) is 0 Å². The summed E-state index contributed by atoms with van der Waals surface area (Å²) in [6, 6.07) is 6.91. The standard InChI is InChI=1S/C26H33N3O.C7H15FO.CH4O/c1-5-22-17-24(26(30)29-14-8-6-7-9-19(29)3)27-25(28(22)4)16-21-12-11-20-15-18(2)10-13-23(20)21;1-3-5-7(8,4-2)6-9;1-2/h10,12-13,15-17,19H,5-9,11,14H2,1-4H3;9H,3-6H2,1-2H3;2H,1H3/b25-16-;;. The molecule has 0 aromatic heterocycles. The van der Waals surface area contributed by atoms with Crippen molar-refractivity contribution in [2.75, 3.05) is 27.3 Å². The number of rotatable bonds is 7. The van der Waals surface area contributed by atoms with Gasteiger partial charge >= 0.3 is 0 Å². The zero-order valence-corrected chi connectivity index (χ0v) is 26.3. The molecule has 1 aliphatic carbocycles. The summed E-state index contributed by atoms with van der Waals surface area (Å²) in [6.07, 6.45) is 14.5. The molecule has 7 heteroatoms. The van der Waals surface area contributed by atoms with E-state index in [2.05, 4.69) is 56.0 Å². The first-order chi connectivity index (χ1) is 19.7. The molecule has 0 saturated carbocycles. The van der Waals surface area contributed by atoms with Crippen molar-refractivity contribution in [3.05, 3.63) is 64.6 Å². The number of aliphatic hydroxyl groups excluding tert-OH is 2. The number of allylic oxidation sites excluding steroid dienone is 4. The number of carbonyl (C=O) groups is 1. The Bertz CT molecular complexity index is 1130. The predicted molar refractivity (Wildman–Crippen MR) is 168 cm³/mol. The van der Waals surface area contributed by atoms with Crippen LogP contribution in [0.4, 0.5) is 4.39 Å². The van der Waals surface area contributed by atoms with Crippen LogP contribution in [0.3, 0.4) is 0 Å². The number of nitrogens with zero attached hydrogens (tertiary/aromatic N) is 3. The lowest BCUT2D eigenvalue weighted by molar-refractivity contribution is -0.125. The minimum atomic E-state index is -1.31. The number of aliphatic hydroxyl groups is 2. The van der Waals surface area contributed by atoms with Crippen LogP contribution in [-0.4, -0.2) is 70.7 Å². The quantitative estimate of drug-likeness (QED) is 0.381. The molecule has 2 heterocycles. The van der Waals surface area contributed by atoms with Gasteiger partial charge < -0.3 is 20.0 Å². The summed E-state index contributed by atoms with van der Waals surface area (Å²) in [5, 5.41) is 15.5. The van der Waals surface area contributed by atoms with Crippen LogP contribution in [0.25, 0.3) is 5.57 Å². The fourth-order valence-corrected chi connectivity index (χ4v) is 5.53. The normalized spacial score (nSPS) is 20.8. The van der Waals surface area contributed by atoms with Gasteiger partial charge in [-0.25, -0.2) is 9.38 Å². The molecule has 0 bridgehead atoms. The molecule has 4 rings (SSSR count). The summed E-state index contributed by atoms with van der Waals surface area (Å²) >= 11 is 0. The highest BCUT2D eigenvalue weighted by Gasteiger charge is 2.28. The molecule has 2 N–H and O–H groups in total. The van der Waals surface area contributed by atoms with Crippen molar-refractivity contribution in [2.45, 2.75) is 104 Å². The Hall–Kier alpha value is -2.77. The number of carbonyl (C=O) groups excluding carboxylic acids is 1. The van der Waals surface area contributed by atoms with Crippen molar-refractivity contribution in [1.29, 1.82) is 0 Å². The van der Waals surface area contributed by atoms with Gasteiger partial charge in [0, 0.05) is 32.4 Å². The van der Waals surface area contributed by atoms with Gasteiger partial charge in [0.1, 0.15) is 17.2 Å². The van der Waals surface area contributed by atoms with E-state index in [1.807, 2.05) is 24.9 Å². The zero-order chi connectivity index (χ0) is 30.6. The van der Waals surface area contributed by atoms with Crippen LogP contribution in [0.15, 0.2) is 52.9 Å². The van der Waals surface area contributed by atoms with Gasteiger partial charge in [0.25, 0.3) is 5.91 Å². The van der Waals surface area contributed by atoms with Crippen LogP contribution < -0.4 is 0 Å². The van der Waals surface area contributed by atoms with Crippen molar-refractivity contribution in [3.63, 3.8) is 0 Å². The second-order valence-electron chi connectivity index (χ2n) is 11.2. The van der Waals surface area contributed by atoms with E-state index >= 15 is 0 Å². The number of aliphatic imine (C=N–C) groups is 1. The fourth-order valence-electron chi connectivity index (χ4n) is 5.53. The second kappa shape index (κ2) is 16.6. The number of hydrogen-bond acceptors (Lipinski definition) is 5. The van der Waals surface area contributed by atoms with Gasteiger partial charge in [0.2, 0.25) is 0 Å². The summed E-state index contributed by atoms with van der Waals surface area (Å²) in [6.45, 7) is 10.6. The molecule has 2 unspecified atom stereocenters. The molecular formula is C34H52FN3O3. The molecule has 228 valence electrons. The molecule has 1 aromatic rings. The van der Waals surface area contributed by atoms with Crippen molar-refractivity contribution in [1.82, 2.24) is 9.80 Å². The number of likely N-dealkylation sites (tertiary alicyclic amines) is 1. The minimum Gasteiger partial charge on any atom is -0.400 e.